The number of aromatic nitrogens is 1. The van der Waals surface area contributed by atoms with Crippen molar-refractivity contribution in [2.45, 2.75) is 11.9 Å². The van der Waals surface area contributed by atoms with Gasteiger partial charge in [0.2, 0.25) is 0 Å². The first-order valence-electron chi connectivity index (χ1n) is 4.51. The molecule has 1 aromatic heterocycles. The van der Waals surface area contributed by atoms with Crippen molar-refractivity contribution in [3.63, 3.8) is 0 Å². The largest absolute Gasteiger partial charge is 0.478 e. The van der Waals surface area contributed by atoms with Gasteiger partial charge in [-0.3, -0.25) is 0 Å². The number of hydrogen-bond acceptors (Lipinski definition) is 4. The molecule has 0 spiro atoms. The first-order chi connectivity index (χ1) is 7.61. The van der Waals surface area contributed by atoms with Crippen molar-refractivity contribution in [1.29, 1.82) is 5.26 Å². The minimum atomic E-state index is -0.947. The lowest BCUT2D eigenvalue weighted by Gasteiger charge is -2.00. The molecule has 0 aliphatic carbocycles. The molecule has 0 aromatic carbocycles. The van der Waals surface area contributed by atoms with E-state index in [0.717, 1.165) is 10.6 Å². The molecule has 0 fully saturated rings. The van der Waals surface area contributed by atoms with Crippen molar-refractivity contribution < 1.29 is 9.90 Å². The number of hydrogen-bond donors (Lipinski definition) is 1. The summed E-state index contributed by atoms with van der Waals surface area (Å²) in [5, 5.41) is 17.9. The number of carboxylic acids is 1. The molecule has 0 bridgehead atoms. The molecule has 1 rings (SSSR count). The Morgan fingerprint density at radius 3 is 3.12 bits per heavy atom. The zero-order chi connectivity index (χ0) is 12.0. The molecule has 4 nitrogen and oxygen atoms in total. The first-order valence-corrected chi connectivity index (χ1v) is 5.49. The van der Waals surface area contributed by atoms with Gasteiger partial charge in [-0.2, -0.15) is 5.26 Å². The van der Waals surface area contributed by atoms with E-state index >= 15 is 0 Å². The highest BCUT2D eigenvalue weighted by Crippen LogP contribution is 2.18. The molecule has 16 heavy (non-hydrogen) atoms. The minimum Gasteiger partial charge on any atom is -0.478 e. The Bertz CT molecular complexity index is 463. The molecular formula is C11H10N2O2S. The number of carbonyl (C=O) groups is 1. The van der Waals surface area contributed by atoms with E-state index in [-0.39, 0.29) is 0 Å². The van der Waals surface area contributed by atoms with E-state index in [2.05, 4.69) is 4.98 Å². The Kier molecular flexibility index (Phi) is 4.55. The van der Waals surface area contributed by atoms with Crippen LogP contribution in [0.2, 0.25) is 0 Å². The summed E-state index contributed by atoms with van der Waals surface area (Å²) in [5.74, 6) is -0.398. The molecule has 0 saturated carbocycles. The van der Waals surface area contributed by atoms with Crippen LogP contribution in [0.25, 0.3) is 0 Å². The Hall–Kier alpha value is -1.80. The number of carboxylic acid groups (broad SMARTS) is 1. The molecule has 1 aromatic rings. The summed E-state index contributed by atoms with van der Waals surface area (Å²) in [6.07, 6.45) is 2.73. The SMILES string of the molecule is C/C(=C/C(=O)O)CSc1cc(C#N)ccn1. The molecule has 0 aliphatic rings. The minimum absolute atomic E-state index is 0.550. The fourth-order valence-corrected chi connectivity index (χ4v) is 1.80. The highest BCUT2D eigenvalue weighted by atomic mass is 32.2. The van der Waals surface area contributed by atoms with Crippen molar-refractivity contribution >= 4 is 17.7 Å². The van der Waals surface area contributed by atoms with Gasteiger partial charge in [0.05, 0.1) is 16.7 Å². The van der Waals surface area contributed by atoms with E-state index in [0.29, 0.717) is 11.3 Å². The summed E-state index contributed by atoms with van der Waals surface area (Å²) in [6.45, 7) is 1.75. The first kappa shape index (κ1) is 12.3. The predicted octanol–water partition coefficient (Wildman–Crippen LogP) is 2.08. The van der Waals surface area contributed by atoms with Crippen molar-refractivity contribution in [2.75, 3.05) is 5.75 Å². The van der Waals surface area contributed by atoms with Gasteiger partial charge >= 0.3 is 5.97 Å². The summed E-state index contributed by atoms with van der Waals surface area (Å²) in [4.78, 5) is 14.5. The number of thioether (sulfide) groups is 1. The monoisotopic (exact) mass is 234 g/mol. The second-order valence-corrected chi connectivity index (χ2v) is 4.11. The summed E-state index contributed by atoms with van der Waals surface area (Å²) in [6, 6.07) is 5.33. The Morgan fingerprint density at radius 2 is 2.50 bits per heavy atom. The Labute approximate surface area is 97.6 Å². The molecule has 0 radical (unpaired) electrons. The average molecular weight is 234 g/mol. The standard InChI is InChI=1S/C11H10N2O2S/c1-8(4-11(14)15)7-16-10-5-9(6-12)2-3-13-10/h2-5H,7H2,1H3,(H,14,15)/b8-4-. The zero-order valence-corrected chi connectivity index (χ0v) is 9.49. The molecule has 1 N–H and O–H groups in total. The van der Waals surface area contributed by atoms with Crippen molar-refractivity contribution in [3.8, 4) is 6.07 Å². The van der Waals surface area contributed by atoms with Gasteiger partial charge in [0.15, 0.2) is 0 Å². The summed E-state index contributed by atoms with van der Waals surface area (Å²) >= 11 is 1.41. The number of rotatable bonds is 4. The second-order valence-electron chi connectivity index (χ2n) is 3.11. The van der Waals surface area contributed by atoms with E-state index in [1.54, 1.807) is 25.3 Å². The van der Waals surface area contributed by atoms with Crippen LogP contribution in [0.15, 0.2) is 35.0 Å². The molecule has 0 atom stereocenters. The average Bonchev–Trinajstić information content (AvgIpc) is 2.26. The van der Waals surface area contributed by atoms with Gasteiger partial charge in [0.25, 0.3) is 0 Å². The summed E-state index contributed by atoms with van der Waals surface area (Å²) in [7, 11) is 0. The highest BCUT2D eigenvalue weighted by molar-refractivity contribution is 7.99. The fourth-order valence-electron chi connectivity index (χ4n) is 0.998. The van der Waals surface area contributed by atoms with Gasteiger partial charge in [0, 0.05) is 18.0 Å². The lowest BCUT2D eigenvalue weighted by Crippen LogP contribution is -1.92. The summed E-state index contributed by atoms with van der Waals surface area (Å²) < 4.78 is 0. The van der Waals surface area contributed by atoms with Crippen LogP contribution in [0.1, 0.15) is 12.5 Å². The van der Waals surface area contributed by atoms with Crippen LogP contribution in [-0.2, 0) is 4.79 Å². The van der Waals surface area contributed by atoms with Crippen LogP contribution in [-0.4, -0.2) is 21.8 Å². The molecular weight excluding hydrogens is 224 g/mol. The predicted molar refractivity (Wildman–Crippen MR) is 61.1 cm³/mol. The number of aliphatic carboxylic acids is 1. The lowest BCUT2D eigenvalue weighted by atomic mass is 10.3. The quantitative estimate of drug-likeness (QED) is 0.637. The third kappa shape index (κ3) is 4.15. The molecule has 0 aliphatic heterocycles. The molecule has 0 saturated heterocycles. The van der Waals surface area contributed by atoms with Crippen molar-refractivity contribution in [3.05, 3.63) is 35.5 Å². The van der Waals surface area contributed by atoms with Gasteiger partial charge < -0.3 is 5.11 Å². The number of pyridine rings is 1. The van der Waals surface area contributed by atoms with Crippen molar-refractivity contribution in [1.82, 2.24) is 4.98 Å². The van der Waals surface area contributed by atoms with E-state index in [1.165, 1.54) is 17.8 Å². The molecule has 0 amide bonds. The number of nitriles is 1. The smallest absolute Gasteiger partial charge is 0.328 e. The normalized spacial score (nSPS) is 10.9. The highest BCUT2D eigenvalue weighted by Gasteiger charge is 2.00. The fraction of sp³-hybridized carbons (Fsp3) is 0.182. The zero-order valence-electron chi connectivity index (χ0n) is 8.67. The van der Waals surface area contributed by atoms with Crippen LogP contribution in [0.3, 0.4) is 0 Å². The second kappa shape index (κ2) is 5.93. The molecule has 0 unspecified atom stereocenters. The van der Waals surface area contributed by atoms with Crippen LogP contribution in [0, 0.1) is 11.3 Å². The van der Waals surface area contributed by atoms with Gasteiger partial charge in [-0.05, 0) is 19.1 Å². The van der Waals surface area contributed by atoms with E-state index < -0.39 is 5.97 Å². The maximum atomic E-state index is 10.4. The van der Waals surface area contributed by atoms with Crippen molar-refractivity contribution in [2.24, 2.45) is 0 Å². The molecule has 1 heterocycles. The van der Waals surface area contributed by atoms with Crippen LogP contribution < -0.4 is 0 Å². The van der Waals surface area contributed by atoms with Crippen LogP contribution >= 0.6 is 11.8 Å². The maximum Gasteiger partial charge on any atom is 0.328 e. The van der Waals surface area contributed by atoms with Gasteiger partial charge in [-0.15, -0.1) is 11.8 Å². The topological polar surface area (TPSA) is 74.0 Å². The van der Waals surface area contributed by atoms with Gasteiger partial charge in [-0.1, -0.05) is 5.57 Å². The van der Waals surface area contributed by atoms with E-state index in [4.69, 9.17) is 10.4 Å². The third-order valence-corrected chi connectivity index (χ3v) is 2.80. The molecule has 82 valence electrons. The Morgan fingerprint density at radius 1 is 1.75 bits per heavy atom. The molecule has 5 heteroatoms. The van der Waals surface area contributed by atoms with E-state index in [1.807, 2.05) is 6.07 Å². The van der Waals surface area contributed by atoms with Crippen LogP contribution in [0.5, 0.6) is 0 Å². The lowest BCUT2D eigenvalue weighted by molar-refractivity contribution is -0.131. The summed E-state index contributed by atoms with van der Waals surface area (Å²) in [5.41, 5.74) is 1.30. The van der Waals surface area contributed by atoms with Crippen LogP contribution in [0.4, 0.5) is 0 Å². The Balaban J connectivity index is 2.62. The van der Waals surface area contributed by atoms with Gasteiger partial charge in [0.1, 0.15) is 0 Å². The van der Waals surface area contributed by atoms with Gasteiger partial charge in [-0.25, -0.2) is 9.78 Å². The number of nitrogens with zero attached hydrogens (tertiary/aromatic N) is 2. The maximum absolute atomic E-state index is 10.4. The van der Waals surface area contributed by atoms with E-state index in [9.17, 15) is 4.79 Å². The third-order valence-electron chi connectivity index (χ3n) is 1.68.